The number of aromatic carboxylic acids is 1. The minimum absolute atomic E-state index is 0.386. The summed E-state index contributed by atoms with van der Waals surface area (Å²) in [6.07, 6.45) is 0. The van der Waals surface area contributed by atoms with Crippen LogP contribution in [0.15, 0.2) is 15.9 Å². The van der Waals surface area contributed by atoms with Crippen LogP contribution in [0.25, 0.3) is 9.40 Å². The Morgan fingerprint density at radius 3 is 2.92 bits per heavy atom. The molecule has 0 saturated heterocycles. The second-order valence-electron chi connectivity index (χ2n) is 2.16. The Morgan fingerprint density at radius 2 is 2.33 bits per heavy atom. The van der Waals surface area contributed by atoms with Crippen molar-refractivity contribution in [3.63, 3.8) is 0 Å². The molecule has 0 aliphatic heterocycles. The highest BCUT2D eigenvalue weighted by Gasteiger charge is 2.15. The molecule has 12 heavy (non-hydrogen) atoms. The van der Waals surface area contributed by atoms with E-state index in [4.69, 9.17) is 5.11 Å². The number of carboxylic acid groups (broad SMARTS) is 1. The van der Waals surface area contributed by atoms with Crippen LogP contribution in [0, 0.1) is 0 Å². The second kappa shape index (κ2) is 2.83. The molecule has 0 bridgehead atoms. The standard InChI is InChI=1S/C7H3BrO2S2/c8-4-5-3(1-2-11-5)12-6(4)7(9)10/h1-2H,(H,9,10). The third kappa shape index (κ3) is 1.09. The molecule has 0 atom stereocenters. The lowest BCUT2D eigenvalue weighted by molar-refractivity contribution is 0.0701. The number of thiophene rings is 2. The van der Waals surface area contributed by atoms with Gasteiger partial charge in [-0.1, -0.05) is 0 Å². The Kier molecular flexibility index (Phi) is 1.94. The highest BCUT2D eigenvalue weighted by atomic mass is 79.9. The largest absolute Gasteiger partial charge is 0.477 e. The van der Waals surface area contributed by atoms with Crippen molar-refractivity contribution in [2.75, 3.05) is 0 Å². The van der Waals surface area contributed by atoms with Crippen LogP contribution < -0.4 is 0 Å². The molecule has 0 aromatic carbocycles. The lowest BCUT2D eigenvalue weighted by atomic mass is 10.4. The van der Waals surface area contributed by atoms with Gasteiger partial charge in [0.15, 0.2) is 0 Å². The van der Waals surface area contributed by atoms with Gasteiger partial charge in [-0.3, -0.25) is 0 Å². The highest BCUT2D eigenvalue weighted by molar-refractivity contribution is 9.10. The van der Waals surface area contributed by atoms with Gasteiger partial charge >= 0.3 is 5.97 Å². The lowest BCUT2D eigenvalue weighted by Gasteiger charge is -1.86. The predicted molar refractivity (Wildman–Crippen MR) is 54.4 cm³/mol. The van der Waals surface area contributed by atoms with Crippen LogP contribution in [0.1, 0.15) is 9.67 Å². The van der Waals surface area contributed by atoms with Gasteiger partial charge in [-0.2, -0.15) is 0 Å². The first-order chi connectivity index (χ1) is 5.70. The average molecular weight is 263 g/mol. The number of carbonyl (C=O) groups is 1. The van der Waals surface area contributed by atoms with Crippen molar-refractivity contribution < 1.29 is 9.90 Å². The molecule has 1 N–H and O–H groups in total. The van der Waals surface area contributed by atoms with Crippen LogP contribution in [0.4, 0.5) is 0 Å². The molecule has 0 saturated carbocycles. The third-order valence-corrected chi connectivity index (χ3v) is 4.96. The number of hydrogen-bond acceptors (Lipinski definition) is 3. The molecule has 62 valence electrons. The molecule has 2 rings (SSSR count). The third-order valence-electron chi connectivity index (χ3n) is 1.43. The quantitative estimate of drug-likeness (QED) is 0.855. The van der Waals surface area contributed by atoms with Gasteiger partial charge in [0, 0.05) is 4.70 Å². The summed E-state index contributed by atoms with van der Waals surface area (Å²) < 4.78 is 2.77. The maximum atomic E-state index is 10.7. The average Bonchev–Trinajstić information content (AvgIpc) is 2.53. The molecule has 0 aliphatic carbocycles. The number of carboxylic acids is 1. The zero-order valence-corrected chi connectivity index (χ0v) is 8.92. The first-order valence-electron chi connectivity index (χ1n) is 3.09. The molecule has 5 heteroatoms. The van der Waals surface area contributed by atoms with Crippen molar-refractivity contribution in [2.45, 2.75) is 0 Å². The molecule has 0 fully saturated rings. The van der Waals surface area contributed by atoms with Crippen LogP contribution in [0.5, 0.6) is 0 Å². The minimum Gasteiger partial charge on any atom is -0.477 e. The monoisotopic (exact) mass is 262 g/mol. The molecular weight excluding hydrogens is 260 g/mol. The Morgan fingerprint density at radius 1 is 1.58 bits per heavy atom. The fraction of sp³-hybridized carbons (Fsp3) is 0. The summed E-state index contributed by atoms with van der Waals surface area (Å²) in [6, 6.07) is 1.93. The Balaban J connectivity index is 2.78. The van der Waals surface area contributed by atoms with Gasteiger partial charge < -0.3 is 5.11 Å². The summed E-state index contributed by atoms with van der Waals surface area (Å²) in [4.78, 5) is 11.1. The van der Waals surface area contributed by atoms with E-state index in [-0.39, 0.29) is 0 Å². The van der Waals surface area contributed by atoms with E-state index in [1.807, 2.05) is 11.4 Å². The zero-order chi connectivity index (χ0) is 8.72. The van der Waals surface area contributed by atoms with Gasteiger partial charge in [0.25, 0.3) is 0 Å². The molecule has 0 radical (unpaired) electrons. The molecule has 0 unspecified atom stereocenters. The first-order valence-corrected chi connectivity index (χ1v) is 5.58. The molecular formula is C7H3BrO2S2. The number of fused-ring (bicyclic) bond motifs is 1. The molecule has 2 heterocycles. The summed E-state index contributed by atoms with van der Waals surface area (Å²) >= 11 is 6.13. The molecule has 2 aromatic rings. The van der Waals surface area contributed by atoms with Gasteiger partial charge in [0.1, 0.15) is 4.88 Å². The Bertz CT molecular complexity index is 443. The molecule has 0 amide bonds. The van der Waals surface area contributed by atoms with Gasteiger partial charge in [-0.05, 0) is 27.4 Å². The zero-order valence-electron chi connectivity index (χ0n) is 5.70. The van der Waals surface area contributed by atoms with E-state index in [2.05, 4.69) is 15.9 Å². The van der Waals surface area contributed by atoms with Gasteiger partial charge in [0.2, 0.25) is 0 Å². The van der Waals surface area contributed by atoms with Crippen LogP contribution in [-0.2, 0) is 0 Å². The molecule has 2 aromatic heterocycles. The fourth-order valence-corrected chi connectivity index (χ4v) is 3.95. The number of rotatable bonds is 1. The summed E-state index contributed by atoms with van der Waals surface area (Å²) in [7, 11) is 0. The topological polar surface area (TPSA) is 37.3 Å². The van der Waals surface area contributed by atoms with E-state index >= 15 is 0 Å². The van der Waals surface area contributed by atoms with Gasteiger partial charge in [0.05, 0.1) is 9.17 Å². The van der Waals surface area contributed by atoms with E-state index in [1.165, 1.54) is 11.3 Å². The lowest BCUT2D eigenvalue weighted by Crippen LogP contribution is -1.91. The summed E-state index contributed by atoms with van der Waals surface area (Å²) in [5, 5.41) is 10.7. The molecule has 0 spiro atoms. The second-order valence-corrected chi connectivity index (χ2v) is 4.93. The van der Waals surface area contributed by atoms with E-state index in [0.717, 1.165) is 9.40 Å². The van der Waals surface area contributed by atoms with Crippen LogP contribution in [0.2, 0.25) is 0 Å². The van der Waals surface area contributed by atoms with E-state index in [9.17, 15) is 4.79 Å². The summed E-state index contributed by atoms with van der Waals surface area (Å²) in [6.45, 7) is 0. The van der Waals surface area contributed by atoms with E-state index in [1.54, 1.807) is 11.3 Å². The van der Waals surface area contributed by atoms with Crippen molar-refractivity contribution in [3.8, 4) is 0 Å². The summed E-state index contributed by atoms with van der Waals surface area (Å²) in [5.41, 5.74) is 0. The van der Waals surface area contributed by atoms with Gasteiger partial charge in [-0.15, -0.1) is 22.7 Å². The molecule has 2 nitrogen and oxygen atoms in total. The van der Waals surface area contributed by atoms with E-state index < -0.39 is 5.97 Å². The Hall–Kier alpha value is -0.390. The number of halogens is 1. The van der Waals surface area contributed by atoms with Crippen molar-refractivity contribution in [2.24, 2.45) is 0 Å². The SMILES string of the molecule is O=C(O)c1sc2ccsc2c1Br. The maximum Gasteiger partial charge on any atom is 0.347 e. The maximum absolute atomic E-state index is 10.7. The van der Waals surface area contributed by atoms with Crippen LogP contribution >= 0.6 is 38.6 Å². The minimum atomic E-state index is -0.865. The Labute approximate surface area is 84.6 Å². The summed E-state index contributed by atoms with van der Waals surface area (Å²) in [5.74, 6) is -0.865. The smallest absolute Gasteiger partial charge is 0.347 e. The van der Waals surface area contributed by atoms with Crippen molar-refractivity contribution in [1.82, 2.24) is 0 Å². The number of hydrogen-bond donors (Lipinski definition) is 1. The fourth-order valence-electron chi connectivity index (χ4n) is 0.933. The van der Waals surface area contributed by atoms with E-state index in [0.29, 0.717) is 9.35 Å². The predicted octanol–water partition coefficient (Wildman–Crippen LogP) is 3.42. The normalized spacial score (nSPS) is 10.8. The van der Waals surface area contributed by atoms with Crippen molar-refractivity contribution in [1.29, 1.82) is 0 Å². The first kappa shape index (κ1) is 8.22. The van der Waals surface area contributed by atoms with Crippen LogP contribution in [0.3, 0.4) is 0 Å². The van der Waals surface area contributed by atoms with Gasteiger partial charge in [-0.25, -0.2) is 4.79 Å². The highest BCUT2D eigenvalue weighted by Crippen LogP contribution is 2.38. The van der Waals surface area contributed by atoms with Crippen molar-refractivity contribution in [3.05, 3.63) is 20.8 Å². The van der Waals surface area contributed by atoms with Crippen LogP contribution in [-0.4, -0.2) is 11.1 Å². The van der Waals surface area contributed by atoms with Crippen molar-refractivity contribution >= 4 is 54.0 Å². The molecule has 0 aliphatic rings.